The van der Waals surface area contributed by atoms with Crippen molar-refractivity contribution in [3.05, 3.63) is 77.6 Å². The number of hydrogen-bond donors (Lipinski definition) is 2. The van der Waals surface area contributed by atoms with Gasteiger partial charge in [0.1, 0.15) is 6.61 Å². The first-order valence-corrected chi connectivity index (χ1v) is 10.9. The first-order chi connectivity index (χ1) is 15.5. The molecule has 0 radical (unpaired) electrons. The number of amides is 1. The number of carboxylic acid groups (broad SMARTS) is 1. The zero-order valence-corrected chi connectivity index (χ0v) is 18.2. The normalized spacial score (nSPS) is 14.3. The van der Waals surface area contributed by atoms with Crippen LogP contribution in [-0.4, -0.2) is 39.6 Å². The van der Waals surface area contributed by atoms with Crippen molar-refractivity contribution in [1.29, 1.82) is 0 Å². The van der Waals surface area contributed by atoms with Gasteiger partial charge in [0.05, 0.1) is 12.2 Å². The second-order valence-corrected chi connectivity index (χ2v) is 8.10. The minimum atomic E-state index is -1.17. The van der Waals surface area contributed by atoms with E-state index in [1.54, 1.807) is 17.8 Å². The molecule has 2 unspecified atom stereocenters. The Morgan fingerprint density at radius 2 is 1.75 bits per heavy atom. The molecule has 1 aliphatic rings. The molecule has 0 bridgehead atoms. The van der Waals surface area contributed by atoms with E-state index in [4.69, 9.17) is 4.74 Å². The second kappa shape index (κ2) is 9.26. The fourth-order valence-electron chi connectivity index (χ4n) is 4.33. The Hall–Kier alpha value is -3.61. The number of carboxylic acids is 1. The third-order valence-electron chi connectivity index (χ3n) is 5.98. The first-order valence-electron chi connectivity index (χ1n) is 10.9. The minimum Gasteiger partial charge on any atom is -0.480 e. The Labute approximate surface area is 187 Å². The van der Waals surface area contributed by atoms with Crippen molar-refractivity contribution in [2.75, 3.05) is 6.61 Å². The van der Waals surface area contributed by atoms with Crippen molar-refractivity contribution < 1.29 is 19.4 Å². The molecule has 0 fully saturated rings. The zero-order valence-electron chi connectivity index (χ0n) is 18.2. The third-order valence-corrected chi connectivity index (χ3v) is 5.98. The van der Waals surface area contributed by atoms with E-state index in [-0.39, 0.29) is 12.5 Å². The Bertz CT molecular complexity index is 1080. The van der Waals surface area contributed by atoms with Crippen LogP contribution in [0.2, 0.25) is 0 Å². The highest BCUT2D eigenvalue weighted by Gasteiger charge is 2.31. The van der Waals surface area contributed by atoms with Gasteiger partial charge in [0.15, 0.2) is 6.04 Å². The summed E-state index contributed by atoms with van der Waals surface area (Å²) in [4.78, 5) is 24.4. The summed E-state index contributed by atoms with van der Waals surface area (Å²) in [5.74, 6) is -1.23. The van der Waals surface area contributed by atoms with Gasteiger partial charge in [0.2, 0.25) is 0 Å². The van der Waals surface area contributed by atoms with Crippen LogP contribution in [0.4, 0.5) is 4.79 Å². The quantitative estimate of drug-likeness (QED) is 0.550. The maximum atomic E-state index is 12.6. The first kappa shape index (κ1) is 21.6. The van der Waals surface area contributed by atoms with E-state index in [0.717, 1.165) is 40.7 Å². The summed E-state index contributed by atoms with van der Waals surface area (Å²) in [7, 11) is 0. The number of fused-ring (bicyclic) bond motifs is 3. The fourth-order valence-corrected chi connectivity index (χ4v) is 4.33. The van der Waals surface area contributed by atoms with Gasteiger partial charge in [0, 0.05) is 12.1 Å². The van der Waals surface area contributed by atoms with Gasteiger partial charge in [-0.1, -0.05) is 61.9 Å². The van der Waals surface area contributed by atoms with E-state index in [1.807, 2.05) is 42.6 Å². The van der Waals surface area contributed by atoms with Gasteiger partial charge in [-0.05, 0) is 41.2 Å². The van der Waals surface area contributed by atoms with Crippen LogP contribution in [0.25, 0.3) is 11.1 Å². The molecule has 2 aromatic carbocycles. The maximum Gasteiger partial charge on any atom is 0.407 e. The molecular formula is C25H27N3O4. The second-order valence-electron chi connectivity index (χ2n) is 8.10. The van der Waals surface area contributed by atoms with Crippen LogP contribution >= 0.6 is 0 Å². The number of rotatable bonds is 8. The van der Waals surface area contributed by atoms with Gasteiger partial charge >= 0.3 is 12.1 Å². The van der Waals surface area contributed by atoms with Crippen LogP contribution in [0.5, 0.6) is 0 Å². The summed E-state index contributed by atoms with van der Waals surface area (Å²) < 4.78 is 7.08. The molecule has 1 amide bonds. The SMILES string of the molecule is CCCc1cnn(C(C)C(NC(=O)OCC2c3ccccc3-c3ccccc32)C(=O)O)c1. The van der Waals surface area contributed by atoms with Crippen molar-refractivity contribution >= 4 is 12.1 Å². The topological polar surface area (TPSA) is 93.5 Å². The number of aryl methyl sites for hydroxylation is 1. The average molecular weight is 434 g/mol. The van der Waals surface area contributed by atoms with Gasteiger partial charge < -0.3 is 15.2 Å². The van der Waals surface area contributed by atoms with Crippen molar-refractivity contribution in [1.82, 2.24) is 15.1 Å². The molecule has 32 heavy (non-hydrogen) atoms. The number of aliphatic carboxylic acids is 1. The van der Waals surface area contributed by atoms with Crippen LogP contribution in [-0.2, 0) is 16.0 Å². The molecule has 0 aliphatic heterocycles. The van der Waals surface area contributed by atoms with E-state index >= 15 is 0 Å². The monoisotopic (exact) mass is 433 g/mol. The number of hydrogen-bond acceptors (Lipinski definition) is 4. The highest BCUT2D eigenvalue weighted by atomic mass is 16.5. The molecule has 7 heteroatoms. The molecule has 3 aromatic rings. The van der Waals surface area contributed by atoms with Crippen molar-refractivity contribution in [2.45, 2.75) is 44.7 Å². The van der Waals surface area contributed by atoms with E-state index in [2.05, 4.69) is 29.5 Å². The van der Waals surface area contributed by atoms with Crippen LogP contribution in [0.3, 0.4) is 0 Å². The van der Waals surface area contributed by atoms with Crippen LogP contribution in [0.1, 0.15) is 48.9 Å². The summed E-state index contributed by atoms with van der Waals surface area (Å²) in [5, 5.41) is 16.5. The summed E-state index contributed by atoms with van der Waals surface area (Å²) in [6.07, 6.45) is 4.63. The average Bonchev–Trinajstić information content (AvgIpc) is 3.38. The lowest BCUT2D eigenvalue weighted by molar-refractivity contribution is -0.140. The lowest BCUT2D eigenvalue weighted by atomic mass is 9.98. The molecule has 1 heterocycles. The number of carbonyl (C=O) groups excluding carboxylic acids is 1. The molecule has 166 valence electrons. The fraction of sp³-hybridized carbons (Fsp3) is 0.320. The Morgan fingerprint density at radius 1 is 1.12 bits per heavy atom. The molecule has 0 saturated heterocycles. The number of aromatic nitrogens is 2. The van der Waals surface area contributed by atoms with E-state index in [1.165, 1.54) is 0 Å². The summed E-state index contributed by atoms with van der Waals surface area (Å²) in [6, 6.07) is 14.4. The zero-order chi connectivity index (χ0) is 22.7. The maximum absolute atomic E-state index is 12.6. The third kappa shape index (κ3) is 4.23. The number of nitrogens with zero attached hydrogens (tertiary/aromatic N) is 2. The minimum absolute atomic E-state index is 0.0865. The Kier molecular flexibility index (Phi) is 6.25. The molecular weight excluding hydrogens is 406 g/mol. The van der Waals surface area contributed by atoms with Gasteiger partial charge in [-0.25, -0.2) is 9.59 Å². The van der Waals surface area contributed by atoms with E-state index in [9.17, 15) is 14.7 Å². The number of benzene rings is 2. The van der Waals surface area contributed by atoms with Crippen LogP contribution < -0.4 is 5.32 Å². The summed E-state index contributed by atoms with van der Waals surface area (Å²) in [5.41, 5.74) is 5.50. The predicted octanol–water partition coefficient (Wildman–Crippen LogP) is 4.39. The Morgan fingerprint density at radius 3 is 2.34 bits per heavy atom. The molecule has 2 atom stereocenters. The lowest BCUT2D eigenvalue weighted by Gasteiger charge is -2.22. The highest BCUT2D eigenvalue weighted by Crippen LogP contribution is 2.44. The Balaban J connectivity index is 1.44. The number of alkyl carbamates (subject to hydrolysis) is 1. The van der Waals surface area contributed by atoms with Crippen molar-refractivity contribution in [3.63, 3.8) is 0 Å². The molecule has 1 aromatic heterocycles. The highest BCUT2D eigenvalue weighted by molar-refractivity contribution is 5.81. The molecule has 1 aliphatic carbocycles. The number of ether oxygens (including phenoxy) is 1. The molecule has 7 nitrogen and oxygen atoms in total. The number of carbonyl (C=O) groups is 2. The van der Waals surface area contributed by atoms with E-state index < -0.39 is 24.1 Å². The smallest absolute Gasteiger partial charge is 0.407 e. The summed E-state index contributed by atoms with van der Waals surface area (Å²) in [6.45, 7) is 3.91. The summed E-state index contributed by atoms with van der Waals surface area (Å²) >= 11 is 0. The van der Waals surface area contributed by atoms with Gasteiger partial charge in [-0.2, -0.15) is 5.10 Å². The lowest BCUT2D eigenvalue weighted by Crippen LogP contribution is -2.46. The molecule has 2 N–H and O–H groups in total. The van der Waals surface area contributed by atoms with Gasteiger partial charge in [-0.3, -0.25) is 4.68 Å². The van der Waals surface area contributed by atoms with Crippen molar-refractivity contribution in [3.8, 4) is 11.1 Å². The van der Waals surface area contributed by atoms with Gasteiger partial charge in [0.25, 0.3) is 0 Å². The van der Waals surface area contributed by atoms with E-state index in [0.29, 0.717) is 0 Å². The largest absolute Gasteiger partial charge is 0.480 e. The predicted molar refractivity (Wildman–Crippen MR) is 121 cm³/mol. The van der Waals surface area contributed by atoms with Crippen LogP contribution in [0, 0.1) is 0 Å². The van der Waals surface area contributed by atoms with Crippen LogP contribution in [0.15, 0.2) is 60.9 Å². The molecule has 0 saturated carbocycles. The number of nitrogens with one attached hydrogen (secondary N) is 1. The standard InChI is InChI=1S/C25H27N3O4/c1-3-8-17-13-26-28(14-17)16(2)23(24(29)30)27-25(31)32-15-22-20-11-6-4-9-18(20)19-10-5-7-12-21(19)22/h4-7,9-14,16,22-23H,3,8,15H2,1-2H3,(H,27,31)(H,29,30). The van der Waals surface area contributed by atoms with Crippen molar-refractivity contribution in [2.24, 2.45) is 0 Å². The van der Waals surface area contributed by atoms with Gasteiger partial charge in [-0.15, -0.1) is 0 Å². The molecule has 4 rings (SSSR count). The molecule has 0 spiro atoms.